The van der Waals surface area contributed by atoms with E-state index in [1.165, 1.54) is 12.1 Å². The number of halogens is 1. The first kappa shape index (κ1) is 19.8. The van der Waals surface area contributed by atoms with Gasteiger partial charge in [-0.25, -0.2) is 17.5 Å². The molecule has 4 rings (SSSR count). The molecule has 1 aliphatic carbocycles. The minimum Gasteiger partial charge on any atom is -0.338 e. The molecule has 154 valence electrons. The highest BCUT2D eigenvalue weighted by Gasteiger charge is 2.24. The van der Waals surface area contributed by atoms with Crippen molar-refractivity contribution in [2.45, 2.75) is 56.5 Å². The molecule has 3 aromatic rings. The topological polar surface area (TPSA) is 76.0 Å². The lowest BCUT2D eigenvalue weighted by molar-refractivity contribution is 0.551. The molecule has 8 heteroatoms. The van der Waals surface area contributed by atoms with Gasteiger partial charge in [-0.3, -0.25) is 4.68 Å². The number of anilines is 2. The van der Waals surface area contributed by atoms with E-state index in [-0.39, 0.29) is 22.8 Å². The van der Waals surface area contributed by atoms with E-state index in [1.54, 1.807) is 30.3 Å². The van der Waals surface area contributed by atoms with Crippen LogP contribution in [0.5, 0.6) is 0 Å². The second-order valence-corrected chi connectivity index (χ2v) is 9.51. The van der Waals surface area contributed by atoms with Crippen molar-refractivity contribution in [2.24, 2.45) is 0 Å². The number of aromatic nitrogens is 2. The molecule has 1 aliphatic rings. The number of benzene rings is 2. The molecule has 6 nitrogen and oxygen atoms in total. The number of sulfonamides is 1. The Bertz CT molecular complexity index is 1120. The van der Waals surface area contributed by atoms with Crippen molar-refractivity contribution in [3.05, 3.63) is 48.3 Å². The molecule has 1 aromatic heterocycles. The number of nitrogens with zero attached hydrogens (tertiary/aromatic N) is 2. The summed E-state index contributed by atoms with van der Waals surface area (Å²) in [5.41, 5.74) is 1.52. The Morgan fingerprint density at radius 3 is 2.45 bits per heavy atom. The number of fused-ring (bicyclic) bond motifs is 1. The predicted octanol–water partition coefficient (Wildman–Crippen LogP) is 4.72. The third-order valence-electron chi connectivity index (χ3n) is 5.26. The monoisotopic (exact) mass is 416 g/mol. The van der Waals surface area contributed by atoms with Gasteiger partial charge in [0, 0.05) is 23.2 Å². The lowest BCUT2D eigenvalue weighted by Crippen LogP contribution is -2.32. The van der Waals surface area contributed by atoms with E-state index in [0.29, 0.717) is 16.9 Å². The maximum atomic E-state index is 13.2. The molecule has 1 heterocycles. The molecule has 2 N–H and O–H groups in total. The Hall–Kier alpha value is -2.45. The van der Waals surface area contributed by atoms with Gasteiger partial charge in [0.25, 0.3) is 0 Å². The summed E-state index contributed by atoms with van der Waals surface area (Å²) in [5, 5.41) is 8.52. The van der Waals surface area contributed by atoms with E-state index in [4.69, 9.17) is 0 Å². The van der Waals surface area contributed by atoms with Crippen molar-refractivity contribution in [3.63, 3.8) is 0 Å². The average molecular weight is 417 g/mol. The summed E-state index contributed by atoms with van der Waals surface area (Å²) in [6, 6.07) is 11.2. The van der Waals surface area contributed by atoms with Crippen LogP contribution in [0.3, 0.4) is 0 Å². The third kappa shape index (κ3) is 4.13. The summed E-state index contributed by atoms with van der Waals surface area (Å²) in [5.74, 6) is 0.220. The summed E-state index contributed by atoms with van der Waals surface area (Å²) in [6.07, 6.45) is 3.87. The normalized spacial score (nSPS) is 15.4. The molecule has 0 bridgehead atoms. The fourth-order valence-electron chi connectivity index (χ4n) is 3.77. The zero-order valence-electron chi connectivity index (χ0n) is 16.5. The first-order chi connectivity index (χ1) is 13.8. The lowest BCUT2D eigenvalue weighted by Gasteiger charge is -2.13. The number of hydrogen-bond acceptors (Lipinski definition) is 4. The molecular weight excluding hydrogens is 391 g/mol. The first-order valence-corrected chi connectivity index (χ1v) is 11.4. The van der Waals surface area contributed by atoms with Gasteiger partial charge in [-0.15, -0.1) is 0 Å². The highest BCUT2D eigenvalue weighted by molar-refractivity contribution is 7.89. The van der Waals surface area contributed by atoms with Crippen LogP contribution in [0.25, 0.3) is 10.9 Å². The van der Waals surface area contributed by atoms with Gasteiger partial charge < -0.3 is 5.32 Å². The zero-order chi connectivity index (χ0) is 20.6. The van der Waals surface area contributed by atoms with Crippen molar-refractivity contribution in [1.29, 1.82) is 0 Å². The Balaban J connectivity index is 1.74. The average Bonchev–Trinajstić information content (AvgIpc) is 3.31. The Morgan fingerprint density at radius 2 is 1.79 bits per heavy atom. The maximum Gasteiger partial charge on any atom is 0.240 e. The Morgan fingerprint density at radius 1 is 1.10 bits per heavy atom. The molecule has 0 atom stereocenters. The van der Waals surface area contributed by atoms with E-state index in [9.17, 15) is 12.8 Å². The van der Waals surface area contributed by atoms with Crippen LogP contribution >= 0.6 is 0 Å². The summed E-state index contributed by atoms with van der Waals surface area (Å²) in [7, 11) is -3.61. The van der Waals surface area contributed by atoms with Gasteiger partial charge in [-0.05, 0) is 69.2 Å². The molecule has 0 amide bonds. The van der Waals surface area contributed by atoms with Gasteiger partial charge in [0.15, 0.2) is 5.82 Å². The third-order valence-corrected chi connectivity index (χ3v) is 6.78. The second kappa shape index (κ2) is 7.76. The van der Waals surface area contributed by atoms with Crippen LogP contribution in [0, 0.1) is 5.82 Å². The van der Waals surface area contributed by atoms with Crippen molar-refractivity contribution in [1.82, 2.24) is 14.5 Å². The molecule has 2 aromatic carbocycles. The molecule has 0 radical (unpaired) electrons. The van der Waals surface area contributed by atoms with Crippen LogP contribution in [0.1, 0.15) is 45.6 Å². The Labute approximate surface area is 170 Å². The van der Waals surface area contributed by atoms with E-state index < -0.39 is 10.0 Å². The van der Waals surface area contributed by atoms with Crippen LogP contribution in [0.15, 0.2) is 47.4 Å². The number of nitrogens with one attached hydrogen (secondary N) is 2. The highest BCUT2D eigenvalue weighted by atomic mass is 32.2. The zero-order valence-corrected chi connectivity index (χ0v) is 17.3. The number of hydrogen-bond donors (Lipinski definition) is 2. The van der Waals surface area contributed by atoms with E-state index in [2.05, 4.69) is 15.1 Å². The van der Waals surface area contributed by atoms with Crippen LogP contribution < -0.4 is 10.0 Å². The minimum absolute atomic E-state index is 0.00546. The molecule has 0 spiro atoms. The van der Waals surface area contributed by atoms with Crippen molar-refractivity contribution >= 4 is 32.4 Å². The van der Waals surface area contributed by atoms with E-state index in [1.807, 2.05) is 18.5 Å². The first-order valence-electron chi connectivity index (χ1n) is 9.91. The summed E-state index contributed by atoms with van der Waals surface area (Å²) in [4.78, 5) is 0.224. The van der Waals surface area contributed by atoms with E-state index >= 15 is 0 Å². The maximum absolute atomic E-state index is 13.2. The molecular formula is C21H25FN4O2S. The van der Waals surface area contributed by atoms with Gasteiger partial charge in [-0.2, -0.15) is 5.10 Å². The smallest absolute Gasteiger partial charge is 0.240 e. The summed E-state index contributed by atoms with van der Waals surface area (Å²) in [6.45, 7) is 4.03. The van der Waals surface area contributed by atoms with Crippen LogP contribution in [0.2, 0.25) is 0 Å². The van der Waals surface area contributed by atoms with E-state index in [0.717, 1.165) is 31.2 Å². The molecule has 0 unspecified atom stereocenters. The van der Waals surface area contributed by atoms with Crippen molar-refractivity contribution in [2.75, 3.05) is 5.32 Å². The molecule has 0 saturated heterocycles. The van der Waals surface area contributed by atoms with Gasteiger partial charge in [-0.1, -0.05) is 12.8 Å². The largest absolute Gasteiger partial charge is 0.338 e. The summed E-state index contributed by atoms with van der Waals surface area (Å²) >= 11 is 0. The van der Waals surface area contributed by atoms with Crippen LogP contribution in [-0.4, -0.2) is 24.2 Å². The highest BCUT2D eigenvalue weighted by Crippen LogP contribution is 2.31. The van der Waals surface area contributed by atoms with Crippen LogP contribution in [-0.2, 0) is 10.0 Å². The fourth-order valence-corrected chi connectivity index (χ4v) is 5.11. The predicted molar refractivity (Wildman–Crippen MR) is 112 cm³/mol. The van der Waals surface area contributed by atoms with Crippen molar-refractivity contribution < 1.29 is 12.8 Å². The second-order valence-electron chi connectivity index (χ2n) is 7.80. The van der Waals surface area contributed by atoms with Gasteiger partial charge in [0.1, 0.15) is 5.82 Å². The SMILES string of the molecule is CC(C)n1nc(Nc2ccc(F)cc2)c2cc(S(=O)(=O)NC3CCCC3)ccc21. The molecule has 29 heavy (non-hydrogen) atoms. The standard InChI is InChI=1S/C21H25FN4O2S/c1-14(2)26-20-12-11-18(29(27,28)25-17-5-3-4-6-17)13-19(20)21(24-26)23-16-9-7-15(22)8-10-16/h7-14,17,25H,3-6H2,1-2H3,(H,23,24). The molecule has 0 aliphatic heterocycles. The van der Waals surface area contributed by atoms with Crippen LogP contribution in [0.4, 0.5) is 15.9 Å². The molecule has 1 saturated carbocycles. The Kier molecular flexibility index (Phi) is 5.31. The lowest BCUT2D eigenvalue weighted by atomic mass is 10.2. The number of rotatable bonds is 6. The van der Waals surface area contributed by atoms with Gasteiger partial charge in [0.2, 0.25) is 10.0 Å². The van der Waals surface area contributed by atoms with Gasteiger partial charge in [0.05, 0.1) is 10.4 Å². The van der Waals surface area contributed by atoms with Crippen molar-refractivity contribution in [3.8, 4) is 0 Å². The molecule has 1 fully saturated rings. The quantitative estimate of drug-likeness (QED) is 0.610. The minimum atomic E-state index is -3.61. The fraction of sp³-hybridized carbons (Fsp3) is 0.381. The van der Waals surface area contributed by atoms with Gasteiger partial charge >= 0.3 is 0 Å². The summed E-state index contributed by atoms with van der Waals surface area (Å²) < 4.78 is 43.7.